The molecule has 2 heterocycles. The molecule has 2 aromatic carbocycles. The molecule has 3 N–H and O–H groups in total. The lowest BCUT2D eigenvalue weighted by Gasteiger charge is -2.30. The van der Waals surface area contributed by atoms with E-state index in [0.717, 1.165) is 11.1 Å². The largest absolute Gasteiger partial charge is 0.350 e. The number of nitrogens with zero attached hydrogens (tertiary/aromatic N) is 2. The lowest BCUT2D eigenvalue weighted by molar-refractivity contribution is -0.123. The second kappa shape index (κ2) is 9.74. The lowest BCUT2D eigenvalue weighted by Crippen LogP contribution is -2.54. The number of benzene rings is 2. The molecular weight excluding hydrogens is 406 g/mol. The summed E-state index contributed by atoms with van der Waals surface area (Å²) in [4.78, 5) is 43.6. The smallest absolute Gasteiger partial charge is 0.323 e. The van der Waals surface area contributed by atoms with Crippen molar-refractivity contribution in [3.05, 3.63) is 90.3 Å². The van der Waals surface area contributed by atoms with Gasteiger partial charge in [-0.25, -0.2) is 4.79 Å². The highest BCUT2D eigenvalue weighted by molar-refractivity contribution is 6.10. The fourth-order valence-electron chi connectivity index (χ4n) is 3.51. The Hall–Kier alpha value is -4.20. The quantitative estimate of drug-likeness (QED) is 0.560. The number of rotatable bonds is 6. The monoisotopic (exact) mass is 429 g/mol. The van der Waals surface area contributed by atoms with Crippen LogP contribution in [0.2, 0.25) is 0 Å². The molecule has 1 aliphatic rings. The minimum absolute atomic E-state index is 0.125. The molecule has 4 amide bonds. The summed E-state index contributed by atoms with van der Waals surface area (Å²) in [6.07, 6.45) is 3.63. The Labute approximate surface area is 185 Å². The number of hydrogen-bond donors (Lipinski definition) is 3. The summed E-state index contributed by atoms with van der Waals surface area (Å²) < 4.78 is 0. The molecule has 0 aliphatic carbocycles. The minimum Gasteiger partial charge on any atom is -0.350 e. The van der Waals surface area contributed by atoms with Crippen LogP contribution in [0.25, 0.3) is 0 Å². The van der Waals surface area contributed by atoms with Gasteiger partial charge in [0.1, 0.15) is 12.6 Å². The third kappa shape index (κ3) is 5.10. The van der Waals surface area contributed by atoms with Crippen LogP contribution >= 0.6 is 0 Å². The molecule has 1 atom stereocenters. The van der Waals surface area contributed by atoms with Gasteiger partial charge in [-0.15, -0.1) is 0 Å². The Kier molecular flexibility index (Phi) is 6.41. The van der Waals surface area contributed by atoms with Crippen molar-refractivity contribution in [2.24, 2.45) is 0 Å². The van der Waals surface area contributed by atoms with Crippen LogP contribution in [0.1, 0.15) is 11.1 Å². The van der Waals surface area contributed by atoms with Crippen LogP contribution in [0.3, 0.4) is 0 Å². The fraction of sp³-hybridized carbons (Fsp3) is 0.167. The normalized spacial score (nSPS) is 13.5. The Morgan fingerprint density at radius 3 is 2.47 bits per heavy atom. The van der Waals surface area contributed by atoms with Crippen molar-refractivity contribution in [3.8, 4) is 0 Å². The van der Waals surface area contributed by atoms with Gasteiger partial charge in [-0.05, 0) is 35.4 Å². The molecule has 0 bridgehead atoms. The van der Waals surface area contributed by atoms with Crippen molar-refractivity contribution in [2.45, 2.75) is 19.0 Å². The maximum Gasteiger partial charge on any atom is 0.323 e. The van der Waals surface area contributed by atoms with Gasteiger partial charge in [-0.1, -0.05) is 42.5 Å². The van der Waals surface area contributed by atoms with E-state index in [1.54, 1.807) is 36.7 Å². The molecule has 0 spiro atoms. The van der Waals surface area contributed by atoms with Crippen molar-refractivity contribution < 1.29 is 14.4 Å². The molecule has 0 saturated heterocycles. The second-order valence-electron chi connectivity index (χ2n) is 7.42. The Balaban J connectivity index is 1.51. The predicted molar refractivity (Wildman–Crippen MR) is 121 cm³/mol. The summed E-state index contributed by atoms with van der Waals surface area (Å²) in [6.45, 7) is 0.191. The first-order chi connectivity index (χ1) is 15.6. The highest BCUT2D eigenvalue weighted by Crippen LogP contribution is 2.28. The van der Waals surface area contributed by atoms with Gasteiger partial charge in [0.25, 0.3) is 0 Å². The predicted octanol–water partition coefficient (Wildman–Crippen LogP) is 2.48. The van der Waals surface area contributed by atoms with Crippen LogP contribution in [0.4, 0.5) is 16.2 Å². The van der Waals surface area contributed by atoms with Crippen molar-refractivity contribution in [3.63, 3.8) is 0 Å². The first kappa shape index (κ1) is 21.0. The molecule has 0 saturated carbocycles. The van der Waals surface area contributed by atoms with E-state index in [0.29, 0.717) is 24.3 Å². The van der Waals surface area contributed by atoms with E-state index in [-0.39, 0.29) is 18.4 Å². The Morgan fingerprint density at radius 1 is 0.969 bits per heavy atom. The standard InChI is InChI=1S/C24H23N5O3/c30-22-16-29(21-9-5-4-8-19(21)27-22)24(32)28-20(14-17-6-2-1-3-7-17)23(31)26-15-18-10-12-25-13-11-18/h1-13,20H,14-16H2,(H,26,31)(H,27,30)(H,28,32)/t20-/m0/s1. The zero-order valence-corrected chi connectivity index (χ0v) is 17.3. The number of pyridine rings is 1. The first-order valence-corrected chi connectivity index (χ1v) is 10.3. The highest BCUT2D eigenvalue weighted by Gasteiger charge is 2.30. The molecule has 0 radical (unpaired) electrons. The average molecular weight is 429 g/mol. The van der Waals surface area contributed by atoms with Crippen LogP contribution in [0.15, 0.2) is 79.1 Å². The zero-order chi connectivity index (χ0) is 22.3. The SMILES string of the molecule is O=C1CN(C(=O)N[C@@H](Cc2ccccc2)C(=O)NCc2ccncc2)c2ccccc2N1. The second-order valence-corrected chi connectivity index (χ2v) is 7.42. The number of hydrogen-bond acceptors (Lipinski definition) is 4. The third-order valence-corrected chi connectivity index (χ3v) is 5.13. The average Bonchev–Trinajstić information content (AvgIpc) is 2.82. The summed E-state index contributed by atoms with van der Waals surface area (Å²) in [5.74, 6) is -0.602. The van der Waals surface area contributed by atoms with Crippen molar-refractivity contribution >= 4 is 29.2 Å². The van der Waals surface area contributed by atoms with E-state index in [2.05, 4.69) is 20.9 Å². The maximum absolute atomic E-state index is 13.1. The van der Waals surface area contributed by atoms with Gasteiger partial charge < -0.3 is 16.0 Å². The summed E-state index contributed by atoms with van der Waals surface area (Å²) >= 11 is 0. The fourth-order valence-corrected chi connectivity index (χ4v) is 3.51. The summed E-state index contributed by atoms with van der Waals surface area (Å²) in [6, 6.07) is 18.8. The van der Waals surface area contributed by atoms with Crippen LogP contribution in [-0.4, -0.2) is 35.4 Å². The third-order valence-electron chi connectivity index (χ3n) is 5.13. The van der Waals surface area contributed by atoms with Gasteiger partial charge in [-0.2, -0.15) is 0 Å². The molecule has 8 heteroatoms. The van der Waals surface area contributed by atoms with Crippen LogP contribution < -0.4 is 20.9 Å². The van der Waals surface area contributed by atoms with E-state index < -0.39 is 12.1 Å². The number of aromatic nitrogens is 1. The number of para-hydroxylation sites is 2. The summed E-state index contributed by atoms with van der Waals surface area (Å²) in [5.41, 5.74) is 2.95. The number of anilines is 2. The molecule has 8 nitrogen and oxygen atoms in total. The number of carbonyl (C=O) groups excluding carboxylic acids is 3. The number of carbonyl (C=O) groups is 3. The van der Waals surface area contributed by atoms with E-state index in [4.69, 9.17) is 0 Å². The number of fused-ring (bicyclic) bond motifs is 1. The molecule has 1 aromatic heterocycles. The number of nitrogens with one attached hydrogen (secondary N) is 3. The van der Waals surface area contributed by atoms with Crippen LogP contribution in [-0.2, 0) is 22.6 Å². The van der Waals surface area contributed by atoms with Crippen molar-refractivity contribution in [1.29, 1.82) is 0 Å². The van der Waals surface area contributed by atoms with E-state index in [1.165, 1.54) is 4.90 Å². The Morgan fingerprint density at radius 2 is 1.69 bits per heavy atom. The van der Waals surface area contributed by atoms with Gasteiger partial charge in [0.15, 0.2) is 0 Å². The van der Waals surface area contributed by atoms with Crippen molar-refractivity contribution in [2.75, 3.05) is 16.8 Å². The molecule has 0 fully saturated rings. The maximum atomic E-state index is 13.1. The van der Waals surface area contributed by atoms with Gasteiger partial charge in [0.05, 0.1) is 11.4 Å². The summed E-state index contributed by atoms with van der Waals surface area (Å²) in [5, 5.41) is 8.45. The van der Waals surface area contributed by atoms with Gasteiger partial charge in [-0.3, -0.25) is 19.5 Å². The topological polar surface area (TPSA) is 103 Å². The van der Waals surface area contributed by atoms with Gasteiger partial charge in [0, 0.05) is 25.4 Å². The van der Waals surface area contributed by atoms with Crippen molar-refractivity contribution in [1.82, 2.24) is 15.6 Å². The molecular formula is C24H23N5O3. The molecule has 1 aliphatic heterocycles. The van der Waals surface area contributed by atoms with Gasteiger partial charge in [0.2, 0.25) is 11.8 Å². The molecule has 162 valence electrons. The molecule has 0 unspecified atom stereocenters. The van der Waals surface area contributed by atoms with E-state index in [1.807, 2.05) is 42.5 Å². The lowest BCUT2D eigenvalue weighted by atomic mass is 10.1. The zero-order valence-electron chi connectivity index (χ0n) is 17.3. The molecule has 3 aromatic rings. The number of urea groups is 1. The number of amides is 4. The van der Waals surface area contributed by atoms with E-state index in [9.17, 15) is 14.4 Å². The van der Waals surface area contributed by atoms with Crippen LogP contribution in [0, 0.1) is 0 Å². The molecule has 4 rings (SSSR count). The minimum atomic E-state index is -0.816. The molecule has 32 heavy (non-hydrogen) atoms. The van der Waals surface area contributed by atoms with Gasteiger partial charge >= 0.3 is 6.03 Å². The Bertz CT molecular complexity index is 1100. The highest BCUT2D eigenvalue weighted by atomic mass is 16.2. The van der Waals surface area contributed by atoms with Crippen LogP contribution in [0.5, 0.6) is 0 Å². The van der Waals surface area contributed by atoms with E-state index >= 15 is 0 Å². The summed E-state index contributed by atoms with van der Waals surface area (Å²) in [7, 11) is 0. The first-order valence-electron chi connectivity index (χ1n) is 10.3.